The standard InChI is InChI=1S/C30H36O12/c1-14(31)41-27-13-24(2)19(18(33)21(34)37-5)26(27,4)16-7-9-25(3)20(15-8-10-39-12-15)40-17(32)11-28(25)29(16,36)22(27)30(38-6,42-28)23(24)35/h8,10,12,16,18-20,22,33,36H,7,9,11,13H2,1-6H3. The number of fused-ring (bicyclic) bond motifs is 2. The van der Waals surface area contributed by atoms with E-state index in [0.717, 1.165) is 7.11 Å². The van der Waals surface area contributed by atoms with E-state index in [4.69, 9.17) is 28.1 Å². The molecule has 4 aliphatic carbocycles. The van der Waals surface area contributed by atoms with Crippen LogP contribution >= 0.6 is 0 Å². The summed E-state index contributed by atoms with van der Waals surface area (Å²) in [6.45, 7) is 6.48. The average molecular weight is 589 g/mol. The highest BCUT2D eigenvalue weighted by Crippen LogP contribution is 2.88. The summed E-state index contributed by atoms with van der Waals surface area (Å²) in [4.78, 5) is 54.3. The highest BCUT2D eigenvalue weighted by molar-refractivity contribution is 5.97. The number of Topliss-reactive ketones (excluding diaryl/α,β-unsaturated/α-hetero) is 1. The predicted octanol–water partition coefficient (Wildman–Crippen LogP) is 1.61. The Balaban J connectivity index is 1.57. The Morgan fingerprint density at radius 3 is 2.48 bits per heavy atom. The van der Waals surface area contributed by atoms with E-state index in [1.165, 1.54) is 26.6 Å². The SMILES string of the molecule is COC(=O)C(O)C1C2(C)CC3(OC(C)=O)C4C(OC)(OC56CC(=O)OC(c7ccoc7)C5(C)CCC(C13C)C46O)C2=O. The summed E-state index contributed by atoms with van der Waals surface area (Å²) in [7, 11) is 2.42. The largest absolute Gasteiger partial charge is 0.472 e. The lowest BCUT2D eigenvalue weighted by atomic mass is 9.45. The maximum absolute atomic E-state index is 14.9. The Morgan fingerprint density at radius 1 is 1.17 bits per heavy atom. The molecule has 12 atom stereocenters. The van der Waals surface area contributed by atoms with Crippen LogP contribution in [0.4, 0.5) is 0 Å². The Labute approximate surface area is 241 Å². The Hall–Kier alpha value is -2.80. The third kappa shape index (κ3) is 2.48. The van der Waals surface area contributed by atoms with E-state index in [-0.39, 0.29) is 6.42 Å². The van der Waals surface area contributed by atoms with Gasteiger partial charge in [0.25, 0.3) is 0 Å². The molecule has 6 aliphatic rings. The van der Waals surface area contributed by atoms with Crippen molar-refractivity contribution in [3.8, 4) is 0 Å². The maximum atomic E-state index is 14.9. The fourth-order valence-electron chi connectivity index (χ4n) is 11.5. The second kappa shape index (κ2) is 7.82. The molecule has 0 amide bonds. The quantitative estimate of drug-likeness (QED) is 0.377. The molecule has 12 heteroatoms. The molecule has 42 heavy (non-hydrogen) atoms. The van der Waals surface area contributed by atoms with Crippen LogP contribution in [-0.4, -0.2) is 76.8 Å². The molecular formula is C30H36O12. The first-order valence-corrected chi connectivity index (χ1v) is 14.3. The second-order valence-corrected chi connectivity index (χ2v) is 13.8. The smallest absolute Gasteiger partial charge is 0.335 e. The van der Waals surface area contributed by atoms with Crippen molar-refractivity contribution in [1.82, 2.24) is 0 Å². The van der Waals surface area contributed by atoms with Crippen LogP contribution in [0.5, 0.6) is 0 Å². The molecule has 2 aliphatic heterocycles. The first-order chi connectivity index (χ1) is 19.6. The molecule has 3 heterocycles. The van der Waals surface area contributed by atoms with Gasteiger partial charge in [0.05, 0.1) is 32.0 Å². The van der Waals surface area contributed by atoms with Crippen LogP contribution in [0.2, 0.25) is 0 Å². The number of cyclic esters (lactones) is 1. The summed E-state index contributed by atoms with van der Waals surface area (Å²) in [5.41, 5.74) is -8.73. The van der Waals surface area contributed by atoms with E-state index in [1.807, 2.05) is 6.92 Å². The van der Waals surface area contributed by atoms with E-state index >= 15 is 0 Å². The lowest BCUT2D eigenvalue weighted by molar-refractivity contribution is -0.329. The number of furan rings is 1. The summed E-state index contributed by atoms with van der Waals surface area (Å²) in [6, 6.07) is 1.68. The Bertz CT molecular complexity index is 1420. The molecule has 1 aromatic heterocycles. The third-order valence-electron chi connectivity index (χ3n) is 12.6. The van der Waals surface area contributed by atoms with Gasteiger partial charge in [-0.25, -0.2) is 4.79 Å². The molecule has 12 nitrogen and oxygen atoms in total. The van der Waals surface area contributed by atoms with Crippen molar-refractivity contribution >= 4 is 23.7 Å². The molecule has 2 bridgehead atoms. The minimum Gasteiger partial charge on any atom is -0.472 e. The number of esters is 3. The van der Waals surface area contributed by atoms with Gasteiger partial charge in [-0.15, -0.1) is 0 Å². The number of hydrogen-bond donors (Lipinski definition) is 2. The first-order valence-electron chi connectivity index (χ1n) is 14.3. The monoisotopic (exact) mass is 588 g/mol. The van der Waals surface area contributed by atoms with Gasteiger partial charge in [-0.05, 0) is 18.9 Å². The average Bonchev–Trinajstić information content (AvgIpc) is 3.61. The zero-order valence-corrected chi connectivity index (χ0v) is 24.4. The van der Waals surface area contributed by atoms with E-state index in [1.54, 1.807) is 19.9 Å². The minimum atomic E-state index is -2.18. The number of aliphatic hydroxyl groups is 2. The van der Waals surface area contributed by atoms with E-state index in [2.05, 4.69) is 0 Å². The van der Waals surface area contributed by atoms with Gasteiger partial charge in [0.2, 0.25) is 5.79 Å². The van der Waals surface area contributed by atoms with E-state index in [9.17, 15) is 29.4 Å². The van der Waals surface area contributed by atoms with Crippen molar-refractivity contribution in [2.45, 2.75) is 88.2 Å². The zero-order chi connectivity index (χ0) is 30.5. The van der Waals surface area contributed by atoms with Gasteiger partial charge < -0.3 is 38.3 Å². The molecule has 6 fully saturated rings. The van der Waals surface area contributed by atoms with Crippen molar-refractivity contribution < 1.29 is 57.5 Å². The number of hydrogen-bond acceptors (Lipinski definition) is 12. The van der Waals surface area contributed by atoms with Crippen LogP contribution in [0.1, 0.15) is 65.0 Å². The van der Waals surface area contributed by atoms with Crippen molar-refractivity contribution in [3.05, 3.63) is 24.2 Å². The highest BCUT2D eigenvalue weighted by atomic mass is 16.7. The molecule has 7 rings (SSSR count). The lowest BCUT2D eigenvalue weighted by Crippen LogP contribution is -2.73. The zero-order valence-electron chi connectivity index (χ0n) is 24.4. The summed E-state index contributed by atoms with van der Waals surface area (Å²) in [6.07, 6.45) is 0.421. The summed E-state index contributed by atoms with van der Waals surface area (Å²) in [5.74, 6) is -8.27. The Kier molecular flexibility index (Phi) is 5.22. The lowest BCUT2D eigenvalue weighted by Gasteiger charge is -2.63. The molecule has 2 N–H and O–H groups in total. The summed E-state index contributed by atoms with van der Waals surface area (Å²) < 4.78 is 35.4. The topological polar surface area (TPSA) is 168 Å². The third-order valence-corrected chi connectivity index (χ3v) is 12.6. The summed E-state index contributed by atoms with van der Waals surface area (Å²) >= 11 is 0. The molecule has 0 aromatic carbocycles. The van der Waals surface area contributed by atoms with Gasteiger partial charge in [-0.3, -0.25) is 14.4 Å². The molecule has 1 spiro atoms. The van der Waals surface area contributed by atoms with Gasteiger partial charge in [-0.2, -0.15) is 0 Å². The van der Waals surface area contributed by atoms with Crippen LogP contribution < -0.4 is 0 Å². The normalized spacial score (nSPS) is 52.0. The van der Waals surface area contributed by atoms with Gasteiger partial charge >= 0.3 is 17.9 Å². The molecule has 228 valence electrons. The number of carbonyl (C=O) groups is 4. The van der Waals surface area contributed by atoms with Crippen molar-refractivity contribution in [2.75, 3.05) is 14.2 Å². The summed E-state index contributed by atoms with van der Waals surface area (Å²) in [5, 5.41) is 25.0. The fourth-order valence-corrected chi connectivity index (χ4v) is 11.5. The van der Waals surface area contributed by atoms with Crippen LogP contribution in [0.15, 0.2) is 23.0 Å². The molecule has 0 radical (unpaired) electrons. The number of ketones is 1. The van der Waals surface area contributed by atoms with Gasteiger partial charge in [0.15, 0.2) is 11.9 Å². The second-order valence-electron chi connectivity index (χ2n) is 13.8. The van der Waals surface area contributed by atoms with Crippen molar-refractivity contribution in [1.29, 1.82) is 0 Å². The molecular weight excluding hydrogens is 552 g/mol. The van der Waals surface area contributed by atoms with Gasteiger partial charge in [0.1, 0.15) is 22.9 Å². The van der Waals surface area contributed by atoms with Crippen molar-refractivity contribution in [2.24, 2.45) is 34.0 Å². The molecule has 2 saturated heterocycles. The number of rotatable bonds is 5. The minimum absolute atomic E-state index is 0.0893. The highest BCUT2D eigenvalue weighted by Gasteiger charge is 3.00. The first kappa shape index (κ1) is 28.0. The van der Waals surface area contributed by atoms with E-state index in [0.29, 0.717) is 18.4 Å². The number of aliphatic hydroxyl groups excluding tert-OH is 1. The van der Waals surface area contributed by atoms with Crippen LogP contribution in [0, 0.1) is 34.0 Å². The van der Waals surface area contributed by atoms with Crippen molar-refractivity contribution in [3.63, 3.8) is 0 Å². The van der Waals surface area contributed by atoms with E-state index < -0.39 is 98.9 Å². The fraction of sp³-hybridized carbons (Fsp3) is 0.733. The van der Waals surface area contributed by atoms with Crippen LogP contribution in [-0.2, 0) is 42.9 Å². The van der Waals surface area contributed by atoms with Gasteiger partial charge in [0, 0.05) is 54.1 Å². The number of methoxy groups -OCH3 is 2. The number of carbonyl (C=O) groups excluding carboxylic acids is 4. The predicted molar refractivity (Wildman–Crippen MR) is 137 cm³/mol. The molecule has 4 saturated carbocycles. The molecule has 12 unspecified atom stereocenters. The Morgan fingerprint density at radius 2 is 1.88 bits per heavy atom. The maximum Gasteiger partial charge on any atom is 0.335 e. The van der Waals surface area contributed by atoms with Gasteiger partial charge in [-0.1, -0.05) is 20.8 Å². The van der Waals surface area contributed by atoms with Crippen LogP contribution in [0.3, 0.4) is 0 Å². The van der Waals surface area contributed by atoms with Crippen LogP contribution in [0.25, 0.3) is 0 Å². The number of ether oxygens (including phenoxy) is 5. The molecule has 1 aromatic rings.